The normalized spacial score (nSPS) is 13.4. The Hall–Kier alpha value is -5.46. The van der Waals surface area contributed by atoms with Gasteiger partial charge >= 0.3 is 0 Å². The molecule has 0 radical (unpaired) electrons. The molecule has 0 nitrogen and oxygen atoms in total. The number of benzene rings is 8. The van der Waals surface area contributed by atoms with Gasteiger partial charge in [-0.25, -0.2) is 0 Å². The molecule has 0 aliphatic heterocycles. The summed E-state index contributed by atoms with van der Waals surface area (Å²) in [5.74, 6) is 0. The van der Waals surface area contributed by atoms with E-state index in [-0.39, 0.29) is 0 Å². The molecule has 8 aromatic carbocycles. The molecule has 198 valence electrons. The summed E-state index contributed by atoms with van der Waals surface area (Å²) in [6.07, 6.45) is 1.02. The topological polar surface area (TPSA) is 0 Å². The van der Waals surface area contributed by atoms with E-state index >= 15 is 0 Å². The zero-order valence-corrected chi connectivity index (χ0v) is 23.6. The lowest BCUT2D eigenvalue weighted by Gasteiger charge is -2.13. The molecule has 10 rings (SSSR count). The Morgan fingerprint density at radius 2 is 0.884 bits per heavy atom. The number of allylic oxidation sites excluding steroid dienone is 1. The first kappa shape index (κ1) is 23.1. The van der Waals surface area contributed by atoms with Crippen LogP contribution in [0.3, 0.4) is 0 Å². The fourth-order valence-corrected chi connectivity index (χ4v) is 7.86. The summed E-state index contributed by atoms with van der Waals surface area (Å²) in [6.45, 7) is 0. The minimum Gasteiger partial charge on any atom is -0.0616 e. The maximum atomic E-state index is 2.42. The van der Waals surface area contributed by atoms with Crippen molar-refractivity contribution in [3.05, 3.63) is 168 Å². The van der Waals surface area contributed by atoms with Crippen LogP contribution >= 0.6 is 0 Å². The second kappa shape index (κ2) is 8.53. The van der Waals surface area contributed by atoms with Crippen LogP contribution in [0.1, 0.15) is 22.3 Å². The monoisotopic (exact) mass is 542 g/mol. The van der Waals surface area contributed by atoms with Gasteiger partial charge < -0.3 is 0 Å². The van der Waals surface area contributed by atoms with E-state index in [1.165, 1.54) is 98.7 Å². The summed E-state index contributed by atoms with van der Waals surface area (Å²) in [7, 11) is 0. The number of fused-ring (bicyclic) bond motifs is 10. The predicted octanol–water partition coefficient (Wildman–Crippen LogP) is 11.5. The van der Waals surface area contributed by atoms with Crippen molar-refractivity contribution in [1.29, 1.82) is 0 Å². The molecule has 0 heterocycles. The Morgan fingerprint density at radius 1 is 0.349 bits per heavy atom. The molecule has 0 bridgehead atoms. The summed E-state index contributed by atoms with van der Waals surface area (Å²) >= 11 is 0. The van der Waals surface area contributed by atoms with Crippen LogP contribution in [0.25, 0.3) is 76.5 Å². The van der Waals surface area contributed by atoms with Crippen molar-refractivity contribution in [2.75, 3.05) is 0 Å². The van der Waals surface area contributed by atoms with E-state index in [1.54, 1.807) is 0 Å². The number of hydrogen-bond donors (Lipinski definition) is 0. The first-order valence-electron chi connectivity index (χ1n) is 15.1. The van der Waals surface area contributed by atoms with Crippen molar-refractivity contribution in [1.82, 2.24) is 0 Å². The van der Waals surface area contributed by atoms with E-state index in [2.05, 4.69) is 146 Å². The highest BCUT2D eigenvalue weighted by molar-refractivity contribution is 6.26. The molecule has 0 saturated heterocycles. The third-order valence-electron chi connectivity index (χ3n) is 9.84. The molecule has 0 saturated carbocycles. The van der Waals surface area contributed by atoms with Crippen LogP contribution in [0.15, 0.2) is 146 Å². The lowest BCUT2D eigenvalue weighted by atomic mass is 9.91. The number of hydrogen-bond acceptors (Lipinski definition) is 0. The van der Waals surface area contributed by atoms with Crippen molar-refractivity contribution in [2.45, 2.75) is 6.42 Å². The van der Waals surface area contributed by atoms with Crippen LogP contribution in [0.2, 0.25) is 0 Å². The molecule has 43 heavy (non-hydrogen) atoms. The molecule has 8 aromatic rings. The maximum Gasteiger partial charge on any atom is -0.000704 e. The van der Waals surface area contributed by atoms with Crippen LogP contribution in [0.4, 0.5) is 0 Å². The lowest BCUT2D eigenvalue weighted by molar-refractivity contribution is 1.32. The van der Waals surface area contributed by atoms with E-state index in [1.807, 2.05) is 0 Å². The number of rotatable bonds is 2. The first-order valence-corrected chi connectivity index (χ1v) is 15.1. The zero-order valence-electron chi connectivity index (χ0n) is 23.6. The van der Waals surface area contributed by atoms with Gasteiger partial charge in [-0.1, -0.05) is 133 Å². The van der Waals surface area contributed by atoms with Gasteiger partial charge in [0.2, 0.25) is 0 Å². The third kappa shape index (κ3) is 3.21. The molecule has 0 heteroatoms. The van der Waals surface area contributed by atoms with Crippen molar-refractivity contribution < 1.29 is 0 Å². The van der Waals surface area contributed by atoms with Gasteiger partial charge in [0.15, 0.2) is 0 Å². The molecule has 0 atom stereocenters. The molecule has 2 aliphatic rings. The van der Waals surface area contributed by atoms with Gasteiger partial charge in [0.1, 0.15) is 0 Å². The van der Waals surface area contributed by atoms with Crippen LogP contribution in [-0.4, -0.2) is 0 Å². The van der Waals surface area contributed by atoms with Crippen LogP contribution < -0.4 is 0 Å². The van der Waals surface area contributed by atoms with Crippen molar-refractivity contribution >= 4 is 54.2 Å². The predicted molar refractivity (Wildman–Crippen MR) is 183 cm³/mol. The van der Waals surface area contributed by atoms with E-state index in [4.69, 9.17) is 0 Å². The van der Waals surface area contributed by atoms with Gasteiger partial charge in [-0.2, -0.15) is 0 Å². The van der Waals surface area contributed by atoms with Gasteiger partial charge in [0.05, 0.1) is 0 Å². The van der Waals surface area contributed by atoms with E-state index in [9.17, 15) is 0 Å². The fourth-order valence-electron chi connectivity index (χ4n) is 7.86. The van der Waals surface area contributed by atoms with Gasteiger partial charge in [-0.15, -0.1) is 0 Å². The third-order valence-corrected chi connectivity index (χ3v) is 9.84. The van der Waals surface area contributed by atoms with Crippen molar-refractivity contribution in [3.63, 3.8) is 0 Å². The largest absolute Gasteiger partial charge is 0.0616 e. The SMILES string of the molecule is c1cc2c3c(cccc3c1)C1=C2Cc2ccc(-c3ccc(-c4ccc5c6ccccc6c6ccccc6c5c4)cc3)cc21. The second-order valence-electron chi connectivity index (χ2n) is 12.0. The highest BCUT2D eigenvalue weighted by Gasteiger charge is 2.31. The quantitative estimate of drug-likeness (QED) is 0.191. The van der Waals surface area contributed by atoms with Gasteiger partial charge in [-0.05, 0) is 117 Å². The molecule has 0 amide bonds. The summed E-state index contributed by atoms with van der Waals surface area (Å²) in [6, 6.07) is 54.2. The standard InChI is InChI=1S/C43H26/c1-2-11-34-32(9-1)33-10-3-4-12-35(33)40-24-30(21-22-36(34)40)27-17-15-26(16-18-27)29-19-20-31-25-41-37-13-5-7-28-8-6-14-38(42(28)37)43(41)39(31)23-29/h1-24H,25H2. The first-order chi connectivity index (χ1) is 21.3. The Morgan fingerprint density at radius 3 is 1.56 bits per heavy atom. The Kier molecular flexibility index (Phi) is 4.59. The summed E-state index contributed by atoms with van der Waals surface area (Å²) in [5, 5.41) is 10.6. The summed E-state index contributed by atoms with van der Waals surface area (Å²) in [4.78, 5) is 0. The second-order valence-corrected chi connectivity index (χ2v) is 12.0. The van der Waals surface area contributed by atoms with Crippen molar-refractivity contribution in [2.24, 2.45) is 0 Å². The molecule has 0 unspecified atom stereocenters. The highest BCUT2D eigenvalue weighted by Crippen LogP contribution is 2.51. The zero-order chi connectivity index (χ0) is 28.1. The summed E-state index contributed by atoms with van der Waals surface area (Å²) < 4.78 is 0. The fraction of sp³-hybridized carbons (Fsp3) is 0.0233. The van der Waals surface area contributed by atoms with E-state index < -0.39 is 0 Å². The molecule has 0 spiro atoms. The molecule has 0 fully saturated rings. The van der Waals surface area contributed by atoms with Crippen molar-refractivity contribution in [3.8, 4) is 22.3 Å². The highest BCUT2D eigenvalue weighted by atomic mass is 14.3. The molecular weight excluding hydrogens is 516 g/mol. The molecule has 2 aliphatic carbocycles. The van der Waals surface area contributed by atoms with E-state index in [0.717, 1.165) is 6.42 Å². The van der Waals surface area contributed by atoms with Gasteiger partial charge in [-0.3, -0.25) is 0 Å². The molecular formula is C43H26. The minimum atomic E-state index is 1.02. The van der Waals surface area contributed by atoms with E-state index in [0.29, 0.717) is 0 Å². The minimum absolute atomic E-state index is 1.02. The van der Waals surface area contributed by atoms with Crippen LogP contribution in [-0.2, 0) is 6.42 Å². The van der Waals surface area contributed by atoms with Crippen LogP contribution in [0, 0.1) is 0 Å². The van der Waals surface area contributed by atoms with Gasteiger partial charge in [0.25, 0.3) is 0 Å². The molecule has 0 N–H and O–H groups in total. The smallest absolute Gasteiger partial charge is 0.000704 e. The Balaban J connectivity index is 1.06. The van der Waals surface area contributed by atoms with Crippen LogP contribution in [0.5, 0.6) is 0 Å². The molecule has 0 aromatic heterocycles. The Bertz CT molecular complexity index is 2470. The average Bonchev–Trinajstić information content (AvgIpc) is 3.61. The lowest BCUT2D eigenvalue weighted by Crippen LogP contribution is -1.91. The van der Waals surface area contributed by atoms with Gasteiger partial charge in [0, 0.05) is 0 Å². The Labute approximate surface area is 250 Å². The average molecular weight is 543 g/mol. The maximum absolute atomic E-state index is 2.42. The summed E-state index contributed by atoms with van der Waals surface area (Å²) in [5.41, 5.74) is 13.6.